The van der Waals surface area contributed by atoms with E-state index in [-0.39, 0.29) is 31.8 Å². The Labute approximate surface area is 346 Å². The van der Waals surface area contributed by atoms with Gasteiger partial charge in [-0.3, -0.25) is 0 Å². The lowest BCUT2D eigenvalue weighted by Gasteiger charge is -2.34. The van der Waals surface area contributed by atoms with Crippen molar-refractivity contribution >= 4 is 54.3 Å². The molecule has 1 aliphatic carbocycles. The van der Waals surface area contributed by atoms with E-state index in [0.29, 0.717) is 10.5 Å². The van der Waals surface area contributed by atoms with Crippen LogP contribution < -0.4 is 9.47 Å². The molecule has 0 radical (unpaired) electrons. The van der Waals surface area contributed by atoms with Gasteiger partial charge in [-0.15, -0.1) is 0 Å². The van der Waals surface area contributed by atoms with Gasteiger partial charge in [0.15, 0.2) is 11.5 Å². The average Bonchev–Trinajstić information content (AvgIpc) is 3.76. The normalized spacial score (nSPS) is 22.0. The molecule has 0 spiro atoms. The lowest BCUT2D eigenvalue weighted by Crippen LogP contribution is -2.37. The minimum Gasteiger partial charge on any atom is -0.450 e. The standard InChI is InChI=1S/C51H62N2O2S2/c1-49(2,3)41-25-39-33-56(9)45-23-13-11-12-14-24-46(45)57(10)34-40-26-42(50(4,5)6)28-44(53-31-37-21-17-18-22-38(37)32-53)48(40)55-51(7,8)54-47(39)43(27-41)52-29-35-19-15-16-20-36(35)30-52/h15-22,25-32,45-46H,9-14,23-24,33-34H2,1-8H3. The van der Waals surface area contributed by atoms with E-state index in [1.807, 2.05) is 0 Å². The molecule has 0 amide bonds. The molecule has 4 nitrogen and oxygen atoms in total. The fourth-order valence-electron chi connectivity index (χ4n) is 8.79. The van der Waals surface area contributed by atoms with Crippen molar-refractivity contribution in [1.29, 1.82) is 0 Å². The fraction of sp³-hybridized carbons (Fsp3) is 0.412. The monoisotopic (exact) mass is 798 g/mol. The van der Waals surface area contributed by atoms with E-state index in [2.05, 4.69) is 162 Å². The van der Waals surface area contributed by atoms with E-state index in [9.17, 15) is 0 Å². The van der Waals surface area contributed by atoms with Gasteiger partial charge in [-0.1, -0.05) is 140 Å². The first-order valence-electron chi connectivity index (χ1n) is 20.9. The molecule has 0 bridgehead atoms. The van der Waals surface area contributed by atoms with Gasteiger partial charge in [0.05, 0.1) is 11.4 Å². The van der Waals surface area contributed by atoms with Crippen molar-refractivity contribution in [2.45, 2.75) is 133 Å². The maximum Gasteiger partial charge on any atom is 0.246 e. The molecule has 3 heterocycles. The van der Waals surface area contributed by atoms with Crippen molar-refractivity contribution in [3.8, 4) is 22.9 Å². The number of ether oxygens (including phenoxy) is 2. The molecule has 2 aliphatic rings. The summed E-state index contributed by atoms with van der Waals surface area (Å²) in [5.41, 5.74) is 6.99. The third-order valence-electron chi connectivity index (χ3n) is 12.1. The van der Waals surface area contributed by atoms with Gasteiger partial charge < -0.3 is 18.6 Å². The van der Waals surface area contributed by atoms with Crippen LogP contribution in [0.5, 0.6) is 11.5 Å². The molecule has 4 atom stereocenters. The van der Waals surface area contributed by atoms with Crippen LogP contribution in [0.3, 0.4) is 0 Å². The zero-order chi connectivity index (χ0) is 40.3. The second-order valence-corrected chi connectivity index (χ2v) is 23.0. The number of rotatable bonds is 2. The van der Waals surface area contributed by atoms with Gasteiger partial charge in [0.1, 0.15) is 0 Å². The first kappa shape index (κ1) is 39.8. The number of hydrogen-bond acceptors (Lipinski definition) is 2. The van der Waals surface area contributed by atoms with Gasteiger partial charge in [-0.25, -0.2) is 0 Å². The van der Waals surface area contributed by atoms with E-state index >= 15 is 0 Å². The third kappa shape index (κ3) is 8.32. The number of nitrogens with zero attached hydrogens (tertiary/aromatic N) is 2. The minimum atomic E-state index is -1.03. The SMILES string of the molecule is C=S1Cc2cc(C(C)(C)C)cc(-n3cc4ccccc4c3)c2OC(C)(C)Oc2c(cc(C(C)(C)C)cc2-n2cc3ccccc3c2)CS(=C)C2CCCCCCC21. The maximum atomic E-state index is 7.42. The van der Waals surface area contributed by atoms with Crippen LogP contribution in [-0.2, 0) is 22.3 Å². The van der Waals surface area contributed by atoms with E-state index in [0.717, 1.165) is 34.4 Å². The summed E-state index contributed by atoms with van der Waals surface area (Å²) in [4.78, 5) is 0. The number of hydrogen-bond donors (Lipinski definition) is 0. The van der Waals surface area contributed by atoms with Crippen LogP contribution in [0.4, 0.5) is 0 Å². The zero-order valence-corrected chi connectivity index (χ0v) is 37.1. The summed E-state index contributed by atoms with van der Waals surface area (Å²) >= 11 is 0. The van der Waals surface area contributed by atoms with Crippen LogP contribution in [-0.4, -0.2) is 37.2 Å². The molecule has 0 saturated heterocycles. The van der Waals surface area contributed by atoms with Gasteiger partial charge in [0, 0.05) is 71.8 Å². The van der Waals surface area contributed by atoms with E-state index in [4.69, 9.17) is 21.2 Å². The van der Waals surface area contributed by atoms with Crippen molar-refractivity contribution in [3.63, 3.8) is 0 Å². The van der Waals surface area contributed by atoms with Crippen molar-refractivity contribution in [2.24, 2.45) is 0 Å². The second-order valence-electron chi connectivity index (χ2n) is 19.1. The summed E-state index contributed by atoms with van der Waals surface area (Å²) in [6.45, 7) is 18.1. The molecule has 4 aromatic carbocycles. The molecule has 6 aromatic rings. The Kier molecular flexibility index (Phi) is 10.7. The summed E-state index contributed by atoms with van der Waals surface area (Å²) in [6, 6.07) is 26.8. The molecule has 57 heavy (non-hydrogen) atoms. The van der Waals surface area contributed by atoms with Crippen LogP contribution in [0.2, 0.25) is 0 Å². The Balaban J connectivity index is 1.39. The number of benzene rings is 4. The summed E-state index contributed by atoms with van der Waals surface area (Å²) < 4.78 is 19.4. The van der Waals surface area contributed by atoms with Gasteiger partial charge in [0.2, 0.25) is 5.79 Å². The lowest BCUT2D eigenvalue weighted by molar-refractivity contribution is -0.0818. The maximum absolute atomic E-state index is 7.42. The van der Waals surface area contributed by atoms with Crippen LogP contribution >= 0.6 is 21.0 Å². The highest BCUT2D eigenvalue weighted by molar-refractivity contribution is 8.17. The molecule has 1 fully saturated rings. The van der Waals surface area contributed by atoms with E-state index < -0.39 is 5.79 Å². The van der Waals surface area contributed by atoms with Crippen LogP contribution in [0.15, 0.2) is 97.6 Å². The Morgan fingerprint density at radius 3 is 1.25 bits per heavy atom. The van der Waals surface area contributed by atoms with Crippen molar-refractivity contribution in [3.05, 3.63) is 120 Å². The second kappa shape index (κ2) is 15.3. The van der Waals surface area contributed by atoms with Crippen LogP contribution in [0.25, 0.3) is 32.9 Å². The Morgan fingerprint density at radius 2 is 0.912 bits per heavy atom. The fourth-order valence-corrected chi connectivity index (χ4v) is 13.5. The quantitative estimate of drug-likeness (QED) is 0.163. The molecule has 4 unspecified atom stereocenters. The topological polar surface area (TPSA) is 28.3 Å². The first-order chi connectivity index (χ1) is 27.0. The van der Waals surface area contributed by atoms with Crippen molar-refractivity contribution in [2.75, 3.05) is 0 Å². The number of fused-ring (bicyclic) bond motifs is 5. The van der Waals surface area contributed by atoms with Crippen molar-refractivity contribution in [1.82, 2.24) is 9.13 Å². The molecule has 1 aliphatic heterocycles. The Morgan fingerprint density at radius 1 is 0.561 bits per heavy atom. The van der Waals surface area contributed by atoms with Gasteiger partial charge in [-0.2, -0.15) is 21.0 Å². The van der Waals surface area contributed by atoms with Crippen LogP contribution in [0, 0.1) is 0 Å². The predicted octanol–water partition coefficient (Wildman–Crippen LogP) is 13.9. The first-order valence-corrected chi connectivity index (χ1v) is 24.2. The van der Waals surface area contributed by atoms with Crippen LogP contribution in [0.1, 0.15) is 116 Å². The summed E-state index contributed by atoms with van der Waals surface area (Å²) in [5.74, 6) is 12.6. The molecule has 2 aromatic heterocycles. The van der Waals surface area contributed by atoms with Gasteiger partial charge in [0.25, 0.3) is 0 Å². The molecule has 1 saturated carbocycles. The molecule has 300 valence electrons. The summed E-state index contributed by atoms with van der Waals surface area (Å²) in [5, 5.41) is 5.81. The third-order valence-corrected chi connectivity index (χ3v) is 16.4. The zero-order valence-electron chi connectivity index (χ0n) is 35.5. The smallest absolute Gasteiger partial charge is 0.246 e. The molecule has 8 rings (SSSR count). The highest BCUT2D eigenvalue weighted by Crippen LogP contribution is 2.48. The molecule has 6 heteroatoms. The predicted molar refractivity (Wildman–Crippen MR) is 251 cm³/mol. The summed E-state index contributed by atoms with van der Waals surface area (Å²) in [7, 11) is -0.300. The largest absolute Gasteiger partial charge is 0.450 e. The van der Waals surface area contributed by atoms with E-state index in [1.54, 1.807) is 0 Å². The number of aromatic nitrogens is 2. The average molecular weight is 799 g/mol. The highest BCUT2D eigenvalue weighted by Gasteiger charge is 2.34. The lowest BCUT2D eigenvalue weighted by atomic mass is 9.85. The van der Waals surface area contributed by atoms with Gasteiger partial charge >= 0.3 is 0 Å². The van der Waals surface area contributed by atoms with E-state index in [1.165, 1.54) is 82.3 Å². The van der Waals surface area contributed by atoms with Gasteiger partial charge in [-0.05, 0) is 68.5 Å². The molecular weight excluding hydrogens is 737 g/mol. The minimum absolute atomic E-state index is 0.0647. The molecule has 0 N–H and O–H groups in total. The van der Waals surface area contributed by atoms with Crippen molar-refractivity contribution < 1.29 is 9.47 Å². The molecular formula is C51H62N2O2S2. The summed E-state index contributed by atoms with van der Waals surface area (Å²) in [6.07, 6.45) is 16.5. The highest BCUT2D eigenvalue weighted by atomic mass is 32.2. The Bertz CT molecular complexity index is 2250. The Hall–Kier alpha value is -4.00.